The fourth-order valence-electron chi connectivity index (χ4n) is 2.45. The standard InChI is InChI=1S/C20H16ClNO4S/c1-25-15-7-6-13(17(10-15)26-2)9-18-20(24)22-19(27-18)11-16(23)12-4-3-5-14(21)8-12/h3-11H,1-2H3,(H,22,24)/b18-9-,19-11-. The summed E-state index contributed by atoms with van der Waals surface area (Å²) in [5.41, 5.74) is 0.917. The van der Waals surface area contributed by atoms with Crippen molar-refractivity contribution in [1.29, 1.82) is 0 Å². The number of benzene rings is 2. The van der Waals surface area contributed by atoms with Crippen LogP contribution in [0.25, 0.3) is 12.2 Å². The van der Waals surface area contributed by atoms with Crippen molar-refractivity contribution in [2.75, 3.05) is 14.2 Å². The third-order valence-electron chi connectivity index (χ3n) is 3.78. The number of ketones is 1. The van der Waals surface area contributed by atoms with E-state index in [1.807, 2.05) is 0 Å². The first-order valence-corrected chi connectivity index (χ1v) is 9.14. The molecule has 1 aromatic heterocycles. The van der Waals surface area contributed by atoms with Gasteiger partial charge in [-0.2, -0.15) is 0 Å². The van der Waals surface area contributed by atoms with E-state index in [-0.39, 0.29) is 11.3 Å². The Balaban J connectivity index is 2.01. The molecule has 0 saturated heterocycles. The van der Waals surface area contributed by atoms with Crippen molar-refractivity contribution < 1.29 is 14.3 Å². The van der Waals surface area contributed by atoms with Gasteiger partial charge >= 0.3 is 0 Å². The van der Waals surface area contributed by atoms with Crippen LogP contribution in [0.15, 0.2) is 47.3 Å². The first kappa shape index (κ1) is 18.9. The quantitative estimate of drug-likeness (QED) is 0.667. The van der Waals surface area contributed by atoms with Crippen LogP contribution in [0.5, 0.6) is 11.5 Å². The van der Waals surface area contributed by atoms with Crippen LogP contribution in [0.2, 0.25) is 5.02 Å². The highest BCUT2D eigenvalue weighted by Gasteiger charge is 2.06. The van der Waals surface area contributed by atoms with E-state index in [9.17, 15) is 9.59 Å². The zero-order valence-electron chi connectivity index (χ0n) is 14.6. The van der Waals surface area contributed by atoms with Crippen LogP contribution in [-0.4, -0.2) is 25.0 Å². The number of aromatic amines is 1. The van der Waals surface area contributed by atoms with Crippen LogP contribution in [-0.2, 0) is 0 Å². The second kappa shape index (κ2) is 8.24. The van der Waals surface area contributed by atoms with E-state index in [0.29, 0.717) is 31.3 Å². The molecule has 0 spiro atoms. The Bertz CT molecular complexity index is 1160. The highest BCUT2D eigenvalue weighted by molar-refractivity contribution is 7.07. The van der Waals surface area contributed by atoms with Gasteiger partial charge in [0.05, 0.1) is 23.4 Å². The van der Waals surface area contributed by atoms with Gasteiger partial charge in [-0.3, -0.25) is 9.59 Å². The molecule has 0 bridgehead atoms. The Morgan fingerprint density at radius 3 is 2.67 bits per heavy atom. The normalized spacial score (nSPS) is 12.3. The molecule has 27 heavy (non-hydrogen) atoms. The maximum absolute atomic E-state index is 12.3. The molecule has 0 radical (unpaired) electrons. The molecule has 0 amide bonds. The number of rotatable bonds is 5. The van der Waals surface area contributed by atoms with Crippen LogP contribution >= 0.6 is 22.9 Å². The fourth-order valence-corrected chi connectivity index (χ4v) is 3.51. The lowest BCUT2D eigenvalue weighted by molar-refractivity contribution is 0.106. The summed E-state index contributed by atoms with van der Waals surface area (Å²) < 4.78 is 11.4. The van der Waals surface area contributed by atoms with E-state index < -0.39 is 0 Å². The summed E-state index contributed by atoms with van der Waals surface area (Å²) in [6, 6.07) is 12.0. The number of Topliss-reactive ketones (excluding diaryl/α,β-unsaturated/α-hetero) is 1. The maximum atomic E-state index is 12.3. The number of carbonyl (C=O) groups is 1. The van der Waals surface area contributed by atoms with Crippen molar-refractivity contribution in [3.05, 3.63) is 78.2 Å². The summed E-state index contributed by atoms with van der Waals surface area (Å²) >= 11 is 7.11. The van der Waals surface area contributed by atoms with E-state index in [1.165, 1.54) is 17.4 Å². The molecule has 0 saturated carbocycles. The van der Waals surface area contributed by atoms with Crippen molar-refractivity contribution in [2.45, 2.75) is 0 Å². The van der Waals surface area contributed by atoms with Gasteiger partial charge < -0.3 is 14.5 Å². The van der Waals surface area contributed by atoms with E-state index in [0.717, 1.165) is 5.56 Å². The molecule has 1 heterocycles. The van der Waals surface area contributed by atoms with Crippen LogP contribution in [0.3, 0.4) is 0 Å². The molecule has 3 aromatic rings. The van der Waals surface area contributed by atoms with Gasteiger partial charge in [0.1, 0.15) is 11.5 Å². The second-order valence-corrected chi connectivity index (χ2v) is 7.08. The number of hydrogen-bond donors (Lipinski definition) is 1. The number of halogens is 1. The van der Waals surface area contributed by atoms with E-state index >= 15 is 0 Å². The van der Waals surface area contributed by atoms with Gasteiger partial charge in [0.2, 0.25) is 0 Å². The Morgan fingerprint density at radius 1 is 1.15 bits per heavy atom. The Kier molecular flexibility index (Phi) is 5.78. The van der Waals surface area contributed by atoms with Crippen molar-refractivity contribution in [1.82, 2.24) is 4.98 Å². The van der Waals surface area contributed by atoms with Crippen molar-refractivity contribution in [3.8, 4) is 11.5 Å². The molecular formula is C20H16ClNO4S. The van der Waals surface area contributed by atoms with Crippen molar-refractivity contribution in [2.24, 2.45) is 0 Å². The third-order valence-corrected chi connectivity index (χ3v) is 4.98. The lowest BCUT2D eigenvalue weighted by Crippen LogP contribution is -2.20. The van der Waals surface area contributed by atoms with E-state index in [2.05, 4.69) is 4.98 Å². The molecule has 0 atom stereocenters. The van der Waals surface area contributed by atoms with Gasteiger partial charge in [0, 0.05) is 28.3 Å². The average molecular weight is 402 g/mol. The van der Waals surface area contributed by atoms with Crippen molar-refractivity contribution in [3.63, 3.8) is 0 Å². The number of thiazole rings is 1. The minimum atomic E-state index is -0.275. The molecule has 0 unspecified atom stereocenters. The van der Waals surface area contributed by atoms with Crippen LogP contribution in [0.4, 0.5) is 0 Å². The van der Waals surface area contributed by atoms with Crippen LogP contribution < -0.4 is 24.2 Å². The van der Waals surface area contributed by atoms with Crippen LogP contribution in [0, 0.1) is 0 Å². The summed E-state index contributed by atoms with van der Waals surface area (Å²) in [5.74, 6) is 1.01. The summed E-state index contributed by atoms with van der Waals surface area (Å²) in [6.45, 7) is 0. The number of hydrogen-bond acceptors (Lipinski definition) is 5. The topological polar surface area (TPSA) is 68.4 Å². The number of ether oxygens (including phenoxy) is 2. The van der Waals surface area contributed by atoms with Gasteiger partial charge in [-0.15, -0.1) is 11.3 Å². The van der Waals surface area contributed by atoms with Gasteiger partial charge in [0.15, 0.2) is 5.78 Å². The van der Waals surface area contributed by atoms with Crippen molar-refractivity contribution >= 4 is 40.9 Å². The van der Waals surface area contributed by atoms with E-state index in [4.69, 9.17) is 21.1 Å². The molecule has 1 N–H and O–H groups in total. The molecule has 0 aliphatic carbocycles. The zero-order chi connectivity index (χ0) is 19.4. The first-order valence-electron chi connectivity index (χ1n) is 7.94. The zero-order valence-corrected chi connectivity index (χ0v) is 16.2. The number of methoxy groups -OCH3 is 2. The first-order chi connectivity index (χ1) is 13.0. The molecule has 5 nitrogen and oxygen atoms in total. The maximum Gasteiger partial charge on any atom is 0.266 e. The molecule has 0 fully saturated rings. The minimum Gasteiger partial charge on any atom is -0.497 e. The van der Waals surface area contributed by atoms with Gasteiger partial charge in [0.25, 0.3) is 5.56 Å². The molecule has 138 valence electrons. The Labute approximate surface area is 164 Å². The predicted molar refractivity (Wildman–Crippen MR) is 108 cm³/mol. The highest BCUT2D eigenvalue weighted by atomic mass is 35.5. The fraction of sp³-hybridized carbons (Fsp3) is 0.100. The monoisotopic (exact) mass is 401 g/mol. The molecular weight excluding hydrogens is 386 g/mol. The molecule has 0 aliphatic heterocycles. The largest absolute Gasteiger partial charge is 0.497 e. The predicted octanol–water partition coefficient (Wildman–Crippen LogP) is 2.60. The van der Waals surface area contributed by atoms with Gasteiger partial charge in [-0.05, 0) is 30.3 Å². The lowest BCUT2D eigenvalue weighted by atomic mass is 10.1. The summed E-state index contributed by atoms with van der Waals surface area (Å²) in [5, 5.41) is 0.481. The van der Waals surface area contributed by atoms with Gasteiger partial charge in [-0.1, -0.05) is 23.7 Å². The SMILES string of the molecule is COc1ccc(/C=c2\s/c(=C\C(=O)c3cccc(Cl)c3)[nH]c2=O)c(OC)c1. The number of H-pyrrole nitrogens is 1. The van der Waals surface area contributed by atoms with Crippen LogP contribution in [0.1, 0.15) is 15.9 Å². The molecule has 2 aromatic carbocycles. The van der Waals surface area contributed by atoms with Gasteiger partial charge in [-0.25, -0.2) is 0 Å². The Morgan fingerprint density at radius 2 is 1.96 bits per heavy atom. The number of aromatic nitrogens is 1. The summed E-state index contributed by atoms with van der Waals surface area (Å²) in [7, 11) is 3.12. The minimum absolute atomic E-state index is 0.233. The van der Waals surface area contributed by atoms with E-state index in [1.54, 1.807) is 62.8 Å². The summed E-state index contributed by atoms with van der Waals surface area (Å²) in [4.78, 5) is 27.3. The molecule has 3 rings (SSSR count). The molecule has 0 aliphatic rings. The average Bonchev–Trinajstić information content (AvgIpc) is 3.00. The highest BCUT2D eigenvalue weighted by Crippen LogP contribution is 2.24. The third kappa shape index (κ3) is 4.48. The Hall–Kier alpha value is -2.83. The molecule has 7 heteroatoms. The summed E-state index contributed by atoms with van der Waals surface area (Å²) in [6.07, 6.45) is 3.10. The lowest BCUT2D eigenvalue weighted by Gasteiger charge is -2.06. The second-order valence-electron chi connectivity index (χ2n) is 5.56. The number of carbonyl (C=O) groups excluding carboxylic acids is 1. The number of nitrogens with one attached hydrogen (secondary N) is 1. The smallest absolute Gasteiger partial charge is 0.266 e.